The van der Waals surface area contributed by atoms with Gasteiger partial charge < -0.3 is 9.84 Å². The maximum Gasteiger partial charge on any atom is 0.234 e. The summed E-state index contributed by atoms with van der Waals surface area (Å²) < 4.78 is 5.34. The number of benzene rings is 1. The number of nitrogens with zero attached hydrogens (tertiary/aromatic N) is 2. The fourth-order valence-corrected chi connectivity index (χ4v) is 2.18. The van der Waals surface area contributed by atoms with Gasteiger partial charge in [0, 0.05) is 31.3 Å². The average molecular weight is 257 g/mol. The predicted octanol–water partition coefficient (Wildman–Crippen LogP) is 1.27. The lowest BCUT2D eigenvalue weighted by atomic mass is 10.1. The van der Waals surface area contributed by atoms with E-state index in [0.29, 0.717) is 19.6 Å². The van der Waals surface area contributed by atoms with Crippen molar-refractivity contribution in [3.8, 4) is 11.3 Å². The summed E-state index contributed by atoms with van der Waals surface area (Å²) >= 11 is 0. The minimum atomic E-state index is 0.0676. The molecule has 0 saturated carbocycles. The first kappa shape index (κ1) is 11.9. The monoisotopic (exact) mass is 257 g/mol. The molecule has 1 amide bonds. The third-order valence-electron chi connectivity index (χ3n) is 3.12. The first-order valence-electron chi connectivity index (χ1n) is 6.31. The van der Waals surface area contributed by atoms with Gasteiger partial charge in [0.25, 0.3) is 0 Å². The molecule has 3 rings (SSSR count). The zero-order valence-corrected chi connectivity index (χ0v) is 10.5. The first-order valence-corrected chi connectivity index (χ1v) is 6.31. The Morgan fingerprint density at radius 1 is 1.32 bits per heavy atom. The summed E-state index contributed by atoms with van der Waals surface area (Å²) in [5.41, 5.74) is 1.87. The summed E-state index contributed by atoms with van der Waals surface area (Å²) in [6.07, 6.45) is 0. The van der Waals surface area contributed by atoms with E-state index in [1.165, 1.54) is 0 Å². The number of carbonyl (C=O) groups excluding carboxylic acids is 1. The van der Waals surface area contributed by atoms with Crippen molar-refractivity contribution < 1.29 is 9.32 Å². The number of rotatable bonds is 3. The molecule has 19 heavy (non-hydrogen) atoms. The van der Waals surface area contributed by atoms with Crippen LogP contribution in [0.3, 0.4) is 0 Å². The summed E-state index contributed by atoms with van der Waals surface area (Å²) in [6, 6.07) is 11.8. The molecule has 1 aliphatic rings. The molecule has 1 fully saturated rings. The Balaban J connectivity index is 1.70. The van der Waals surface area contributed by atoms with Gasteiger partial charge in [-0.05, 0) is 0 Å². The molecule has 0 unspecified atom stereocenters. The number of amides is 1. The van der Waals surface area contributed by atoms with E-state index in [-0.39, 0.29) is 5.91 Å². The molecule has 2 aromatic rings. The molecule has 1 saturated heterocycles. The second-order valence-electron chi connectivity index (χ2n) is 4.61. The van der Waals surface area contributed by atoms with Gasteiger partial charge in [-0.1, -0.05) is 35.5 Å². The van der Waals surface area contributed by atoms with E-state index in [0.717, 1.165) is 23.6 Å². The van der Waals surface area contributed by atoms with Gasteiger partial charge in [0.1, 0.15) is 0 Å². The minimum absolute atomic E-state index is 0.0676. The van der Waals surface area contributed by atoms with Crippen molar-refractivity contribution in [1.82, 2.24) is 15.4 Å². The van der Waals surface area contributed by atoms with E-state index in [1.54, 1.807) is 0 Å². The number of hydrogen-bond donors (Lipinski definition) is 1. The molecule has 1 aromatic carbocycles. The second-order valence-corrected chi connectivity index (χ2v) is 4.61. The third kappa shape index (κ3) is 2.82. The smallest absolute Gasteiger partial charge is 0.234 e. The van der Waals surface area contributed by atoms with E-state index in [2.05, 4.69) is 15.4 Å². The lowest BCUT2D eigenvalue weighted by Gasteiger charge is -2.25. The van der Waals surface area contributed by atoms with Crippen LogP contribution in [0, 0.1) is 0 Å². The summed E-state index contributed by atoms with van der Waals surface area (Å²) in [5.74, 6) is 0.829. The van der Waals surface area contributed by atoms with Crippen LogP contribution in [0.15, 0.2) is 40.9 Å². The van der Waals surface area contributed by atoms with Crippen molar-refractivity contribution in [2.75, 3.05) is 19.6 Å². The molecule has 98 valence electrons. The van der Waals surface area contributed by atoms with Crippen LogP contribution in [0.5, 0.6) is 0 Å². The molecule has 1 N–H and O–H groups in total. The standard InChI is InChI=1S/C14H15N3O2/c18-14-10-17(7-6-15-14)9-12-8-13(19-16-12)11-4-2-1-3-5-11/h1-5,8H,6-7,9-10H2,(H,15,18). The second kappa shape index (κ2) is 5.24. The zero-order chi connectivity index (χ0) is 13.1. The first-order chi connectivity index (χ1) is 9.31. The van der Waals surface area contributed by atoms with Gasteiger partial charge in [-0.15, -0.1) is 0 Å². The van der Waals surface area contributed by atoms with Gasteiger partial charge in [-0.2, -0.15) is 0 Å². The van der Waals surface area contributed by atoms with Crippen LogP contribution in [0.2, 0.25) is 0 Å². The van der Waals surface area contributed by atoms with Gasteiger partial charge in [0.15, 0.2) is 5.76 Å². The molecule has 0 bridgehead atoms. The van der Waals surface area contributed by atoms with Gasteiger partial charge in [-0.25, -0.2) is 0 Å². The Kier molecular flexibility index (Phi) is 3.29. The van der Waals surface area contributed by atoms with E-state index in [4.69, 9.17) is 4.52 Å². The fourth-order valence-electron chi connectivity index (χ4n) is 2.18. The highest BCUT2D eigenvalue weighted by molar-refractivity contribution is 5.78. The molecule has 0 aliphatic carbocycles. The Hall–Kier alpha value is -2.14. The number of carbonyl (C=O) groups is 1. The third-order valence-corrected chi connectivity index (χ3v) is 3.12. The highest BCUT2D eigenvalue weighted by Gasteiger charge is 2.17. The van der Waals surface area contributed by atoms with Crippen LogP contribution in [0.4, 0.5) is 0 Å². The highest BCUT2D eigenvalue weighted by Crippen LogP contribution is 2.20. The largest absolute Gasteiger partial charge is 0.356 e. The molecular weight excluding hydrogens is 242 g/mol. The molecule has 1 aliphatic heterocycles. The molecule has 5 nitrogen and oxygen atoms in total. The van der Waals surface area contributed by atoms with Gasteiger partial charge in [0.2, 0.25) is 5.91 Å². The molecule has 2 heterocycles. The van der Waals surface area contributed by atoms with Crippen molar-refractivity contribution in [3.63, 3.8) is 0 Å². The predicted molar refractivity (Wildman–Crippen MR) is 70.2 cm³/mol. The molecular formula is C14H15N3O2. The maximum absolute atomic E-state index is 11.3. The number of piperazine rings is 1. The van der Waals surface area contributed by atoms with Crippen LogP contribution in [-0.4, -0.2) is 35.6 Å². The number of aromatic nitrogens is 1. The van der Waals surface area contributed by atoms with Crippen LogP contribution in [-0.2, 0) is 11.3 Å². The van der Waals surface area contributed by atoms with E-state index >= 15 is 0 Å². The lowest BCUT2D eigenvalue weighted by Crippen LogP contribution is -2.47. The summed E-state index contributed by atoms with van der Waals surface area (Å²) in [7, 11) is 0. The maximum atomic E-state index is 11.3. The van der Waals surface area contributed by atoms with Crippen LogP contribution in [0.25, 0.3) is 11.3 Å². The molecule has 0 radical (unpaired) electrons. The average Bonchev–Trinajstić information content (AvgIpc) is 2.88. The Morgan fingerprint density at radius 2 is 2.16 bits per heavy atom. The Morgan fingerprint density at radius 3 is 2.95 bits per heavy atom. The minimum Gasteiger partial charge on any atom is -0.356 e. The van der Waals surface area contributed by atoms with Crippen molar-refractivity contribution in [2.45, 2.75) is 6.54 Å². The highest BCUT2D eigenvalue weighted by atomic mass is 16.5. The SMILES string of the molecule is O=C1CN(Cc2cc(-c3ccccc3)on2)CCN1. The van der Waals surface area contributed by atoms with E-state index in [1.807, 2.05) is 36.4 Å². The van der Waals surface area contributed by atoms with E-state index < -0.39 is 0 Å². The number of hydrogen-bond acceptors (Lipinski definition) is 4. The van der Waals surface area contributed by atoms with Gasteiger partial charge >= 0.3 is 0 Å². The van der Waals surface area contributed by atoms with Crippen LogP contribution < -0.4 is 5.32 Å². The zero-order valence-electron chi connectivity index (χ0n) is 10.5. The summed E-state index contributed by atoms with van der Waals surface area (Å²) in [5, 5.41) is 6.87. The molecule has 0 atom stereocenters. The van der Waals surface area contributed by atoms with Crippen molar-refractivity contribution >= 4 is 5.91 Å². The quantitative estimate of drug-likeness (QED) is 0.899. The van der Waals surface area contributed by atoms with E-state index in [9.17, 15) is 4.79 Å². The van der Waals surface area contributed by atoms with Crippen molar-refractivity contribution in [2.24, 2.45) is 0 Å². The normalized spacial score (nSPS) is 16.3. The number of nitrogens with one attached hydrogen (secondary N) is 1. The van der Waals surface area contributed by atoms with Gasteiger partial charge in [0.05, 0.1) is 12.2 Å². The lowest BCUT2D eigenvalue weighted by molar-refractivity contribution is -0.124. The molecule has 0 spiro atoms. The van der Waals surface area contributed by atoms with Crippen LogP contribution >= 0.6 is 0 Å². The molecule has 5 heteroatoms. The Labute approximate surface area is 111 Å². The van der Waals surface area contributed by atoms with Crippen LogP contribution in [0.1, 0.15) is 5.69 Å². The summed E-state index contributed by atoms with van der Waals surface area (Å²) in [6.45, 7) is 2.61. The molecule has 1 aromatic heterocycles. The topological polar surface area (TPSA) is 58.4 Å². The fraction of sp³-hybridized carbons (Fsp3) is 0.286. The summed E-state index contributed by atoms with van der Waals surface area (Å²) in [4.78, 5) is 13.4. The van der Waals surface area contributed by atoms with Crippen molar-refractivity contribution in [3.05, 3.63) is 42.1 Å². The Bertz CT molecular complexity index is 565. The van der Waals surface area contributed by atoms with Gasteiger partial charge in [-0.3, -0.25) is 9.69 Å². The van der Waals surface area contributed by atoms with Crippen molar-refractivity contribution in [1.29, 1.82) is 0 Å².